The number of nitrogens with one attached hydrogen (secondary N) is 2. The van der Waals surface area contributed by atoms with Crippen LogP contribution in [0.3, 0.4) is 0 Å². The van der Waals surface area contributed by atoms with Crippen molar-refractivity contribution in [2.45, 2.75) is 31.0 Å². The van der Waals surface area contributed by atoms with Crippen LogP contribution in [0.4, 0.5) is 5.69 Å². The Hall–Kier alpha value is -1.86. The Morgan fingerprint density at radius 1 is 1.28 bits per heavy atom. The minimum Gasteiger partial charge on any atom is -0.343 e. The smallest absolute Gasteiger partial charge is 0.254 e. The van der Waals surface area contributed by atoms with Crippen LogP contribution in [0.1, 0.15) is 29.8 Å². The van der Waals surface area contributed by atoms with E-state index >= 15 is 0 Å². The van der Waals surface area contributed by atoms with Crippen molar-refractivity contribution in [3.05, 3.63) is 52.1 Å². The maximum absolute atomic E-state index is 12.4. The average molecular weight is 422 g/mol. The number of benzene rings is 1. The van der Waals surface area contributed by atoms with Crippen molar-refractivity contribution in [1.29, 1.82) is 0 Å². The van der Waals surface area contributed by atoms with Gasteiger partial charge < -0.3 is 10.6 Å². The first-order valence-corrected chi connectivity index (χ1v) is 9.50. The Bertz CT molecular complexity index is 781. The van der Waals surface area contributed by atoms with Crippen LogP contribution in [0.15, 0.2) is 46.0 Å². The summed E-state index contributed by atoms with van der Waals surface area (Å²) < 4.78 is 0.947. The molecule has 2 amide bonds. The lowest BCUT2D eigenvalue weighted by molar-refractivity contribution is -0.115. The average Bonchev–Trinajstić information content (AvgIpc) is 2.55. The highest BCUT2D eigenvalue weighted by atomic mass is 79.9. The zero-order valence-electron chi connectivity index (χ0n) is 14.3. The molecule has 132 valence electrons. The molecule has 0 saturated carbocycles. The summed E-state index contributed by atoms with van der Waals surface area (Å²) in [4.78, 5) is 28.7. The molecule has 0 atom stereocenters. The third-order valence-electron chi connectivity index (χ3n) is 3.24. The maximum atomic E-state index is 12.4. The molecule has 7 heteroatoms. The minimum atomic E-state index is -0.307. The minimum absolute atomic E-state index is 0.102. The van der Waals surface area contributed by atoms with E-state index in [4.69, 9.17) is 0 Å². The van der Waals surface area contributed by atoms with Gasteiger partial charge in [0, 0.05) is 21.6 Å². The first kappa shape index (κ1) is 19.5. The molecule has 25 heavy (non-hydrogen) atoms. The molecule has 0 aliphatic heterocycles. The van der Waals surface area contributed by atoms with E-state index in [1.807, 2.05) is 39.0 Å². The number of aromatic nitrogens is 1. The van der Waals surface area contributed by atoms with E-state index in [-0.39, 0.29) is 18.4 Å². The van der Waals surface area contributed by atoms with Crippen LogP contribution in [0.2, 0.25) is 0 Å². The Kier molecular flexibility index (Phi) is 7.01. The van der Waals surface area contributed by atoms with Gasteiger partial charge in [-0.25, -0.2) is 4.98 Å². The molecule has 1 heterocycles. The van der Waals surface area contributed by atoms with Crippen molar-refractivity contribution in [2.24, 2.45) is 0 Å². The number of halogens is 1. The number of thioether (sulfide) groups is 1. The van der Waals surface area contributed by atoms with Crippen molar-refractivity contribution in [3.63, 3.8) is 0 Å². The number of anilines is 1. The van der Waals surface area contributed by atoms with Gasteiger partial charge in [-0.15, -0.1) is 11.8 Å². The molecule has 0 aliphatic rings. The van der Waals surface area contributed by atoms with Crippen LogP contribution >= 0.6 is 27.7 Å². The summed E-state index contributed by atoms with van der Waals surface area (Å²) in [6.07, 6.45) is 1.66. The summed E-state index contributed by atoms with van der Waals surface area (Å²) in [6.45, 7) is 5.88. The van der Waals surface area contributed by atoms with Crippen LogP contribution < -0.4 is 10.6 Å². The quantitative estimate of drug-likeness (QED) is 0.690. The van der Waals surface area contributed by atoms with E-state index in [9.17, 15) is 9.59 Å². The lowest BCUT2D eigenvalue weighted by atomic mass is 10.2. The van der Waals surface area contributed by atoms with Crippen molar-refractivity contribution in [3.8, 4) is 0 Å². The molecule has 5 nitrogen and oxygen atoms in total. The second-order valence-corrected chi connectivity index (χ2v) is 8.19. The first-order chi connectivity index (χ1) is 11.9. The molecule has 2 N–H and O–H groups in total. The largest absolute Gasteiger partial charge is 0.343 e. The van der Waals surface area contributed by atoms with Gasteiger partial charge in [0.15, 0.2) is 0 Å². The van der Waals surface area contributed by atoms with Gasteiger partial charge in [0.25, 0.3) is 5.91 Å². The van der Waals surface area contributed by atoms with Gasteiger partial charge in [-0.05, 0) is 42.8 Å². The van der Waals surface area contributed by atoms with E-state index < -0.39 is 0 Å². The molecule has 0 unspecified atom stereocenters. The molecular formula is C18H20BrN3O2S. The normalized spacial score (nSPS) is 10.6. The Morgan fingerprint density at radius 2 is 2.04 bits per heavy atom. The van der Waals surface area contributed by atoms with Crippen LogP contribution in [0, 0.1) is 6.92 Å². The molecular weight excluding hydrogens is 402 g/mol. The molecule has 0 radical (unpaired) electrons. The zero-order valence-corrected chi connectivity index (χ0v) is 16.7. The van der Waals surface area contributed by atoms with Gasteiger partial charge in [-0.2, -0.15) is 0 Å². The highest BCUT2D eigenvalue weighted by molar-refractivity contribution is 9.10. The van der Waals surface area contributed by atoms with Crippen LogP contribution in [-0.4, -0.2) is 28.6 Å². The molecule has 2 aromatic rings. The number of aryl methyl sites for hydroxylation is 1. The number of rotatable bonds is 6. The van der Waals surface area contributed by atoms with Crippen LogP contribution in [0.5, 0.6) is 0 Å². The third-order valence-corrected chi connectivity index (χ3v) is 4.75. The zero-order chi connectivity index (χ0) is 18.4. The second kappa shape index (κ2) is 9.01. The number of carbonyl (C=O) groups is 2. The van der Waals surface area contributed by atoms with E-state index in [0.29, 0.717) is 15.8 Å². The van der Waals surface area contributed by atoms with E-state index in [0.717, 1.165) is 15.7 Å². The summed E-state index contributed by atoms with van der Waals surface area (Å²) in [5.41, 5.74) is 2.14. The van der Waals surface area contributed by atoms with Crippen molar-refractivity contribution in [1.82, 2.24) is 10.3 Å². The summed E-state index contributed by atoms with van der Waals surface area (Å²) in [6, 6.07) is 9.01. The van der Waals surface area contributed by atoms with Gasteiger partial charge in [0.05, 0.1) is 12.1 Å². The SMILES string of the molecule is Cc1cc(Br)ccc1NC(=O)CNC(=O)c1cccnc1SC(C)C. The third kappa shape index (κ3) is 5.86. The Labute approximate surface area is 160 Å². The summed E-state index contributed by atoms with van der Waals surface area (Å²) in [5.74, 6) is -0.584. The van der Waals surface area contributed by atoms with Crippen molar-refractivity contribution >= 4 is 45.2 Å². The number of hydrogen-bond acceptors (Lipinski definition) is 4. The van der Waals surface area contributed by atoms with Crippen LogP contribution in [-0.2, 0) is 4.79 Å². The molecule has 0 fully saturated rings. The molecule has 0 bridgehead atoms. The predicted octanol–water partition coefficient (Wildman–Crippen LogP) is 4.02. The van der Waals surface area contributed by atoms with E-state index in [1.54, 1.807) is 18.3 Å². The first-order valence-electron chi connectivity index (χ1n) is 7.82. The van der Waals surface area contributed by atoms with E-state index in [1.165, 1.54) is 11.8 Å². The standard InChI is InChI=1S/C18H20BrN3O2S/c1-11(2)25-18-14(5-4-8-20-18)17(24)21-10-16(23)22-15-7-6-13(19)9-12(15)3/h4-9,11H,10H2,1-3H3,(H,21,24)(H,22,23). The highest BCUT2D eigenvalue weighted by Gasteiger charge is 2.15. The maximum Gasteiger partial charge on any atom is 0.254 e. The molecule has 1 aromatic heterocycles. The molecule has 0 spiro atoms. The Morgan fingerprint density at radius 3 is 2.72 bits per heavy atom. The fourth-order valence-electron chi connectivity index (χ4n) is 2.10. The van der Waals surface area contributed by atoms with Gasteiger partial charge in [0.2, 0.25) is 5.91 Å². The monoisotopic (exact) mass is 421 g/mol. The number of hydrogen-bond donors (Lipinski definition) is 2. The predicted molar refractivity (Wildman–Crippen MR) is 105 cm³/mol. The summed E-state index contributed by atoms with van der Waals surface area (Å²) in [5, 5.41) is 6.42. The van der Waals surface area contributed by atoms with E-state index in [2.05, 4.69) is 31.5 Å². The number of amides is 2. The lowest BCUT2D eigenvalue weighted by Gasteiger charge is -2.11. The molecule has 0 aliphatic carbocycles. The topological polar surface area (TPSA) is 71.1 Å². The Balaban J connectivity index is 1.97. The molecule has 1 aromatic carbocycles. The number of nitrogens with zero attached hydrogens (tertiary/aromatic N) is 1. The molecule has 0 saturated heterocycles. The van der Waals surface area contributed by atoms with Gasteiger partial charge in [0.1, 0.15) is 5.03 Å². The number of pyridine rings is 1. The fourth-order valence-corrected chi connectivity index (χ4v) is 3.43. The summed E-state index contributed by atoms with van der Waals surface area (Å²) in [7, 11) is 0. The van der Waals surface area contributed by atoms with Crippen molar-refractivity contribution < 1.29 is 9.59 Å². The van der Waals surface area contributed by atoms with Gasteiger partial charge in [-0.3, -0.25) is 9.59 Å². The number of carbonyl (C=O) groups excluding carboxylic acids is 2. The van der Waals surface area contributed by atoms with Crippen molar-refractivity contribution in [2.75, 3.05) is 11.9 Å². The van der Waals surface area contributed by atoms with Gasteiger partial charge >= 0.3 is 0 Å². The lowest BCUT2D eigenvalue weighted by Crippen LogP contribution is -2.33. The van der Waals surface area contributed by atoms with Crippen LogP contribution in [0.25, 0.3) is 0 Å². The van der Waals surface area contributed by atoms with Gasteiger partial charge in [-0.1, -0.05) is 29.8 Å². The molecule has 2 rings (SSSR count). The second-order valence-electron chi connectivity index (χ2n) is 5.71. The highest BCUT2D eigenvalue weighted by Crippen LogP contribution is 2.24. The summed E-state index contributed by atoms with van der Waals surface area (Å²) >= 11 is 4.90. The fraction of sp³-hybridized carbons (Fsp3) is 0.278.